The van der Waals surface area contributed by atoms with E-state index in [9.17, 15) is 9.18 Å². The van der Waals surface area contributed by atoms with E-state index in [2.05, 4.69) is 25.6 Å². The van der Waals surface area contributed by atoms with Gasteiger partial charge in [-0.2, -0.15) is 5.10 Å². The monoisotopic (exact) mass is 529 g/mol. The van der Waals surface area contributed by atoms with Crippen molar-refractivity contribution in [3.05, 3.63) is 48.0 Å². The second-order valence-corrected chi connectivity index (χ2v) is 7.14. The second kappa shape index (κ2) is 11.8. The van der Waals surface area contributed by atoms with Gasteiger partial charge >= 0.3 is 0 Å². The number of hydrogen-bond donors (Lipinski definition) is 3. The fourth-order valence-electron chi connectivity index (χ4n) is 3.39. The van der Waals surface area contributed by atoms with Gasteiger partial charge in [-0.1, -0.05) is 0 Å². The molecule has 1 amide bonds. The highest BCUT2D eigenvalue weighted by Crippen LogP contribution is 2.10. The minimum absolute atomic E-state index is 0. The summed E-state index contributed by atoms with van der Waals surface area (Å²) in [5.41, 5.74) is 7.02. The number of carbonyl (C=O) groups excluding carboxylic acids is 1. The maximum atomic E-state index is 13.0. The number of primary amides is 1. The molecule has 2 aromatic rings. The molecule has 8 nitrogen and oxygen atoms in total. The van der Waals surface area contributed by atoms with Gasteiger partial charge in [0.1, 0.15) is 5.82 Å². The number of nitrogens with one attached hydrogen (secondary N) is 2. The summed E-state index contributed by atoms with van der Waals surface area (Å²) >= 11 is 0. The minimum Gasteiger partial charge on any atom is -0.369 e. The predicted molar refractivity (Wildman–Crippen MR) is 126 cm³/mol. The van der Waals surface area contributed by atoms with Crippen LogP contribution in [0.5, 0.6) is 0 Å². The van der Waals surface area contributed by atoms with E-state index < -0.39 is 0 Å². The van der Waals surface area contributed by atoms with E-state index in [1.54, 1.807) is 23.9 Å². The van der Waals surface area contributed by atoms with Crippen LogP contribution < -0.4 is 16.4 Å². The molecule has 0 atom stereocenters. The molecule has 0 saturated carbocycles. The molecule has 164 valence electrons. The summed E-state index contributed by atoms with van der Waals surface area (Å²) in [5.74, 6) is 0.217. The largest absolute Gasteiger partial charge is 0.369 e. The van der Waals surface area contributed by atoms with E-state index in [0.29, 0.717) is 19.1 Å². The predicted octanol–water partition coefficient (Wildman–Crippen LogP) is 1.29. The van der Waals surface area contributed by atoms with Crippen LogP contribution in [0.3, 0.4) is 0 Å². The molecule has 0 bridgehead atoms. The number of rotatable bonds is 7. The van der Waals surface area contributed by atoms with Crippen molar-refractivity contribution in [3.8, 4) is 5.69 Å². The number of nitrogens with zero attached hydrogens (tertiary/aromatic N) is 4. The Labute approximate surface area is 193 Å². The van der Waals surface area contributed by atoms with Crippen molar-refractivity contribution in [3.63, 3.8) is 0 Å². The standard InChI is InChI=1S/C20H28FN7O.HI/c1-23-20(25-16-7-11-27(12-8-16)14-19(22)29)24-10-6-17-9-13-28(26-17)18-4-2-15(21)3-5-18;/h2-5,9,13,16H,6-8,10-12,14H2,1H3,(H2,22,29)(H2,23,24,25);1H. The van der Waals surface area contributed by atoms with Crippen molar-refractivity contribution >= 4 is 35.8 Å². The molecule has 0 spiro atoms. The normalized spacial score (nSPS) is 15.5. The molecule has 10 heteroatoms. The Hall–Kier alpha value is -2.21. The number of aliphatic imine (C=N–C) groups is 1. The number of guanidine groups is 1. The zero-order chi connectivity index (χ0) is 20.6. The van der Waals surface area contributed by atoms with Gasteiger partial charge in [0.15, 0.2) is 5.96 Å². The van der Waals surface area contributed by atoms with Crippen LogP contribution in [0.1, 0.15) is 18.5 Å². The number of nitrogens with two attached hydrogens (primary N) is 1. The van der Waals surface area contributed by atoms with Crippen LogP contribution in [0.4, 0.5) is 4.39 Å². The number of piperidine rings is 1. The fraction of sp³-hybridized carbons (Fsp3) is 0.450. The van der Waals surface area contributed by atoms with Crippen molar-refractivity contribution in [2.24, 2.45) is 10.7 Å². The summed E-state index contributed by atoms with van der Waals surface area (Å²) in [5, 5.41) is 11.3. The van der Waals surface area contributed by atoms with Crippen LogP contribution in [0.2, 0.25) is 0 Å². The molecule has 0 radical (unpaired) electrons. The maximum absolute atomic E-state index is 13.0. The lowest BCUT2D eigenvalue weighted by Crippen LogP contribution is -2.50. The third-order valence-corrected chi connectivity index (χ3v) is 4.94. The molecule has 30 heavy (non-hydrogen) atoms. The molecule has 0 aliphatic carbocycles. The Kier molecular flexibility index (Phi) is 9.50. The molecule has 2 heterocycles. The third-order valence-electron chi connectivity index (χ3n) is 4.94. The molecule has 0 unspecified atom stereocenters. The van der Waals surface area contributed by atoms with Gasteiger partial charge in [0.05, 0.1) is 17.9 Å². The number of hydrogen-bond acceptors (Lipinski definition) is 4. The van der Waals surface area contributed by atoms with E-state index in [0.717, 1.165) is 49.7 Å². The third kappa shape index (κ3) is 7.24. The molecule has 1 aromatic heterocycles. The molecule has 1 aliphatic heterocycles. The fourth-order valence-corrected chi connectivity index (χ4v) is 3.39. The van der Waals surface area contributed by atoms with Gasteiger partial charge in [-0.15, -0.1) is 24.0 Å². The van der Waals surface area contributed by atoms with Crippen molar-refractivity contribution in [2.45, 2.75) is 25.3 Å². The topological polar surface area (TPSA) is 101 Å². The summed E-state index contributed by atoms with van der Waals surface area (Å²) in [4.78, 5) is 17.4. The molecular formula is C20H29FIN7O. The molecule has 3 rings (SSSR count). The first-order valence-corrected chi connectivity index (χ1v) is 9.82. The van der Waals surface area contributed by atoms with Crippen LogP contribution >= 0.6 is 24.0 Å². The van der Waals surface area contributed by atoms with Crippen LogP contribution in [0.15, 0.2) is 41.5 Å². The quantitative estimate of drug-likeness (QED) is 0.285. The van der Waals surface area contributed by atoms with Gasteiger partial charge in [-0.3, -0.25) is 14.7 Å². The van der Waals surface area contributed by atoms with Crippen molar-refractivity contribution in [2.75, 3.05) is 33.2 Å². The smallest absolute Gasteiger partial charge is 0.231 e. The average molecular weight is 529 g/mol. The summed E-state index contributed by atoms with van der Waals surface area (Å²) in [6, 6.07) is 8.52. The Bertz CT molecular complexity index is 832. The first-order valence-electron chi connectivity index (χ1n) is 9.82. The van der Waals surface area contributed by atoms with Crippen molar-refractivity contribution < 1.29 is 9.18 Å². The van der Waals surface area contributed by atoms with E-state index in [1.807, 2.05) is 12.3 Å². The van der Waals surface area contributed by atoms with E-state index in [1.165, 1.54) is 12.1 Å². The highest BCUT2D eigenvalue weighted by atomic mass is 127. The Morgan fingerprint density at radius 2 is 1.97 bits per heavy atom. The van der Waals surface area contributed by atoms with Gasteiger partial charge in [-0.05, 0) is 43.2 Å². The van der Waals surface area contributed by atoms with Crippen molar-refractivity contribution in [1.29, 1.82) is 0 Å². The molecule has 1 aliphatic rings. The number of benzene rings is 1. The first kappa shape index (κ1) is 24.1. The summed E-state index contributed by atoms with van der Waals surface area (Å²) in [6.07, 6.45) is 4.49. The lowest BCUT2D eigenvalue weighted by Gasteiger charge is -2.32. The summed E-state index contributed by atoms with van der Waals surface area (Å²) in [6.45, 7) is 2.71. The molecule has 1 saturated heterocycles. The number of aromatic nitrogens is 2. The summed E-state index contributed by atoms with van der Waals surface area (Å²) < 4.78 is 14.8. The zero-order valence-corrected chi connectivity index (χ0v) is 19.4. The van der Waals surface area contributed by atoms with Gasteiger partial charge in [0.25, 0.3) is 0 Å². The highest BCUT2D eigenvalue weighted by Gasteiger charge is 2.20. The van der Waals surface area contributed by atoms with Gasteiger partial charge in [0.2, 0.25) is 5.91 Å². The second-order valence-electron chi connectivity index (χ2n) is 7.14. The SMILES string of the molecule is CN=C(NCCc1ccn(-c2ccc(F)cc2)n1)NC1CCN(CC(N)=O)CC1.I. The molecule has 1 fully saturated rings. The highest BCUT2D eigenvalue weighted by molar-refractivity contribution is 14.0. The lowest BCUT2D eigenvalue weighted by atomic mass is 10.1. The Balaban J connectivity index is 0.00000320. The Morgan fingerprint density at radius 1 is 1.27 bits per heavy atom. The van der Waals surface area contributed by atoms with Crippen LogP contribution in [-0.4, -0.2) is 65.8 Å². The van der Waals surface area contributed by atoms with Crippen molar-refractivity contribution in [1.82, 2.24) is 25.3 Å². The number of amides is 1. The van der Waals surface area contributed by atoms with E-state index >= 15 is 0 Å². The zero-order valence-electron chi connectivity index (χ0n) is 17.1. The van der Waals surface area contributed by atoms with Gasteiger partial charge < -0.3 is 16.4 Å². The van der Waals surface area contributed by atoms with Gasteiger partial charge in [0, 0.05) is 45.3 Å². The number of likely N-dealkylation sites (tertiary alicyclic amines) is 1. The number of halogens is 2. The Morgan fingerprint density at radius 3 is 2.60 bits per heavy atom. The molecular weight excluding hydrogens is 500 g/mol. The van der Waals surface area contributed by atoms with Crippen LogP contribution in [0.25, 0.3) is 5.69 Å². The average Bonchev–Trinajstić information content (AvgIpc) is 3.17. The van der Waals surface area contributed by atoms with Gasteiger partial charge in [-0.25, -0.2) is 9.07 Å². The minimum atomic E-state index is -0.282. The van der Waals surface area contributed by atoms with E-state index in [4.69, 9.17) is 5.73 Å². The maximum Gasteiger partial charge on any atom is 0.231 e. The summed E-state index contributed by atoms with van der Waals surface area (Å²) in [7, 11) is 1.75. The lowest BCUT2D eigenvalue weighted by molar-refractivity contribution is -0.119. The van der Waals surface area contributed by atoms with Crippen LogP contribution in [0, 0.1) is 5.82 Å². The number of carbonyl (C=O) groups is 1. The van der Waals surface area contributed by atoms with E-state index in [-0.39, 0.29) is 35.7 Å². The molecule has 4 N–H and O–H groups in total. The molecule has 1 aromatic carbocycles. The first-order chi connectivity index (χ1) is 14.0. The van der Waals surface area contributed by atoms with Crippen LogP contribution in [-0.2, 0) is 11.2 Å².